The molecule has 2 aromatic heterocycles. The molecule has 1 fully saturated rings. The molecule has 0 amide bonds. The lowest BCUT2D eigenvalue weighted by molar-refractivity contribution is 0.145. The maximum Gasteiger partial charge on any atom is 0.261 e. The van der Waals surface area contributed by atoms with E-state index in [0.29, 0.717) is 26.2 Å². The Morgan fingerprint density at radius 2 is 2.00 bits per heavy atom. The molecule has 0 aromatic carbocycles. The van der Waals surface area contributed by atoms with Crippen LogP contribution in [0.1, 0.15) is 18.0 Å². The minimum absolute atomic E-state index is 0.133. The summed E-state index contributed by atoms with van der Waals surface area (Å²) in [7, 11) is -1.94. The van der Waals surface area contributed by atoms with Crippen molar-refractivity contribution in [3.05, 3.63) is 22.8 Å². The summed E-state index contributed by atoms with van der Waals surface area (Å²) in [5.41, 5.74) is 0. The van der Waals surface area contributed by atoms with Crippen molar-refractivity contribution >= 4 is 21.4 Å². The van der Waals surface area contributed by atoms with Crippen molar-refractivity contribution in [3.63, 3.8) is 0 Å². The van der Waals surface area contributed by atoms with Gasteiger partial charge in [-0.15, -0.1) is 16.4 Å². The zero-order valence-corrected chi connectivity index (χ0v) is 14.1. The molecule has 1 aliphatic rings. The monoisotopic (exact) mass is 342 g/mol. The van der Waals surface area contributed by atoms with Crippen LogP contribution in [0.15, 0.2) is 22.8 Å². The third-order valence-electron chi connectivity index (χ3n) is 3.91. The number of nitrogens with zero attached hydrogens (tertiary/aromatic N) is 6. The van der Waals surface area contributed by atoms with E-state index >= 15 is 0 Å². The van der Waals surface area contributed by atoms with Crippen LogP contribution < -0.4 is 0 Å². The summed E-state index contributed by atoms with van der Waals surface area (Å²) in [6.07, 6.45) is 3.09. The summed E-state index contributed by atoms with van der Waals surface area (Å²) in [6.45, 7) is 4.40. The Labute approximate surface area is 133 Å². The third kappa shape index (κ3) is 2.78. The number of thiazole rings is 1. The Morgan fingerprint density at radius 1 is 1.27 bits per heavy atom. The number of sulfonamides is 1. The van der Waals surface area contributed by atoms with E-state index in [2.05, 4.69) is 27.1 Å². The van der Waals surface area contributed by atoms with Gasteiger partial charge in [0.2, 0.25) is 0 Å². The van der Waals surface area contributed by atoms with Crippen molar-refractivity contribution in [2.75, 3.05) is 26.2 Å². The fraction of sp³-hybridized carbons (Fsp3) is 0.583. The molecule has 120 valence electrons. The summed E-state index contributed by atoms with van der Waals surface area (Å²) >= 11 is 1.63. The van der Waals surface area contributed by atoms with E-state index in [4.69, 9.17) is 0 Å². The SMILES string of the molecule is CC(c1nccs1)N1CCN(S(=O)(=O)c2cnnn2C)CC1. The molecule has 2 aromatic rings. The van der Waals surface area contributed by atoms with Crippen molar-refractivity contribution in [3.8, 4) is 0 Å². The van der Waals surface area contributed by atoms with Gasteiger partial charge in [0.05, 0.1) is 12.2 Å². The lowest BCUT2D eigenvalue weighted by atomic mass is 10.2. The molecule has 1 unspecified atom stereocenters. The maximum atomic E-state index is 12.6. The summed E-state index contributed by atoms with van der Waals surface area (Å²) < 4.78 is 27.9. The highest BCUT2D eigenvalue weighted by Crippen LogP contribution is 2.24. The first-order chi connectivity index (χ1) is 10.5. The fourth-order valence-corrected chi connectivity index (χ4v) is 4.76. The molecule has 22 heavy (non-hydrogen) atoms. The first kappa shape index (κ1) is 15.5. The zero-order chi connectivity index (χ0) is 15.7. The molecular formula is C12H18N6O2S2. The van der Waals surface area contributed by atoms with Gasteiger partial charge in [0.15, 0.2) is 5.03 Å². The number of aryl methyl sites for hydroxylation is 1. The Balaban J connectivity index is 1.68. The molecule has 3 rings (SSSR count). The van der Waals surface area contributed by atoms with Gasteiger partial charge in [-0.3, -0.25) is 4.90 Å². The fourth-order valence-electron chi connectivity index (χ4n) is 2.57. The lowest BCUT2D eigenvalue weighted by Gasteiger charge is -2.36. The Hall–Kier alpha value is -1.36. The van der Waals surface area contributed by atoms with Crippen molar-refractivity contribution in [1.82, 2.24) is 29.2 Å². The molecule has 0 N–H and O–H groups in total. The molecule has 0 spiro atoms. The van der Waals surface area contributed by atoms with Gasteiger partial charge in [0, 0.05) is 44.8 Å². The van der Waals surface area contributed by atoms with Crippen molar-refractivity contribution in [2.45, 2.75) is 18.0 Å². The number of aromatic nitrogens is 4. The second kappa shape index (κ2) is 6.03. The average Bonchev–Trinajstić information content (AvgIpc) is 3.18. The van der Waals surface area contributed by atoms with E-state index in [9.17, 15) is 8.42 Å². The van der Waals surface area contributed by atoms with E-state index in [0.717, 1.165) is 5.01 Å². The quantitative estimate of drug-likeness (QED) is 0.797. The van der Waals surface area contributed by atoms with Gasteiger partial charge in [-0.05, 0) is 6.92 Å². The highest BCUT2D eigenvalue weighted by molar-refractivity contribution is 7.89. The molecule has 0 radical (unpaired) electrons. The molecule has 0 aliphatic carbocycles. The van der Waals surface area contributed by atoms with Crippen molar-refractivity contribution < 1.29 is 8.42 Å². The number of rotatable bonds is 4. The molecule has 1 saturated heterocycles. The van der Waals surface area contributed by atoms with Crippen LogP contribution in [-0.2, 0) is 17.1 Å². The van der Waals surface area contributed by atoms with Gasteiger partial charge < -0.3 is 0 Å². The minimum Gasteiger partial charge on any atom is -0.292 e. The summed E-state index contributed by atoms with van der Waals surface area (Å²) in [4.78, 5) is 6.59. The van der Waals surface area contributed by atoms with Crippen LogP contribution in [0, 0.1) is 0 Å². The van der Waals surface area contributed by atoms with Gasteiger partial charge >= 0.3 is 0 Å². The van der Waals surface area contributed by atoms with Crippen LogP contribution in [0.2, 0.25) is 0 Å². The molecule has 1 aliphatic heterocycles. The zero-order valence-electron chi connectivity index (χ0n) is 12.5. The van der Waals surface area contributed by atoms with Gasteiger partial charge in [-0.25, -0.2) is 18.1 Å². The summed E-state index contributed by atoms with van der Waals surface area (Å²) in [5, 5.41) is 10.5. The largest absolute Gasteiger partial charge is 0.292 e. The minimum atomic E-state index is -3.52. The van der Waals surface area contributed by atoms with Crippen LogP contribution >= 0.6 is 11.3 Å². The normalized spacial score (nSPS) is 19.4. The van der Waals surface area contributed by atoms with Crippen molar-refractivity contribution in [2.24, 2.45) is 7.05 Å². The average molecular weight is 342 g/mol. The molecule has 3 heterocycles. The number of piperazine rings is 1. The van der Waals surface area contributed by atoms with Gasteiger partial charge in [0.25, 0.3) is 10.0 Å². The molecule has 10 heteroatoms. The van der Waals surface area contributed by atoms with Crippen LogP contribution in [0.25, 0.3) is 0 Å². The lowest BCUT2D eigenvalue weighted by Crippen LogP contribution is -2.49. The second-order valence-corrected chi connectivity index (χ2v) is 7.99. The van der Waals surface area contributed by atoms with Gasteiger partial charge in [-0.2, -0.15) is 4.31 Å². The van der Waals surface area contributed by atoms with Gasteiger partial charge in [-0.1, -0.05) is 5.21 Å². The van der Waals surface area contributed by atoms with E-state index in [1.165, 1.54) is 15.2 Å². The first-order valence-electron chi connectivity index (χ1n) is 6.98. The van der Waals surface area contributed by atoms with Crippen LogP contribution in [0.5, 0.6) is 0 Å². The summed E-state index contributed by atoms with van der Waals surface area (Å²) in [5.74, 6) is 0. The highest BCUT2D eigenvalue weighted by Gasteiger charge is 2.32. The van der Waals surface area contributed by atoms with E-state index in [1.54, 1.807) is 24.6 Å². The Bertz CT molecular complexity index is 719. The molecule has 1 atom stereocenters. The van der Waals surface area contributed by atoms with Crippen molar-refractivity contribution in [1.29, 1.82) is 0 Å². The first-order valence-corrected chi connectivity index (χ1v) is 9.30. The molecule has 0 bridgehead atoms. The molecule has 8 nitrogen and oxygen atoms in total. The smallest absolute Gasteiger partial charge is 0.261 e. The molecular weight excluding hydrogens is 324 g/mol. The Morgan fingerprint density at radius 3 is 2.55 bits per heavy atom. The number of hydrogen-bond acceptors (Lipinski definition) is 7. The van der Waals surface area contributed by atoms with Crippen LogP contribution in [0.3, 0.4) is 0 Å². The topological polar surface area (TPSA) is 84.2 Å². The van der Waals surface area contributed by atoms with Crippen LogP contribution in [-0.4, -0.2) is 63.8 Å². The highest BCUT2D eigenvalue weighted by atomic mass is 32.2. The standard InChI is InChI=1S/C12H18N6O2S2/c1-10(12-13-3-8-21-12)17-4-6-18(7-5-17)22(19,20)11-9-14-15-16(11)2/h3,8-10H,4-7H2,1-2H3. The number of hydrogen-bond donors (Lipinski definition) is 0. The van der Waals surface area contributed by atoms with Gasteiger partial charge in [0.1, 0.15) is 5.01 Å². The predicted molar refractivity (Wildman–Crippen MR) is 81.9 cm³/mol. The third-order valence-corrected chi connectivity index (χ3v) is 6.80. The summed E-state index contributed by atoms with van der Waals surface area (Å²) in [6, 6.07) is 0.211. The maximum absolute atomic E-state index is 12.6. The van der Waals surface area contributed by atoms with E-state index < -0.39 is 10.0 Å². The predicted octanol–water partition coefficient (Wildman–Crippen LogP) is 0.339. The van der Waals surface area contributed by atoms with Crippen LogP contribution in [0.4, 0.5) is 0 Å². The second-order valence-electron chi connectivity index (χ2n) is 5.18. The Kier molecular flexibility index (Phi) is 4.26. The van der Waals surface area contributed by atoms with E-state index in [1.807, 2.05) is 5.38 Å². The molecule has 0 saturated carbocycles. The van der Waals surface area contributed by atoms with E-state index in [-0.39, 0.29) is 11.1 Å².